The Morgan fingerprint density at radius 1 is 0.927 bits per heavy atom. The maximum absolute atomic E-state index is 13.1. The number of rotatable bonds is 6. The van der Waals surface area contributed by atoms with Crippen LogP contribution in [0, 0.1) is 11.8 Å². The molecule has 0 saturated carbocycles. The maximum atomic E-state index is 13.1. The second-order valence-electron chi connectivity index (χ2n) is 11.8. The minimum absolute atomic E-state index is 0.0515. The lowest BCUT2D eigenvalue weighted by atomic mass is 9.90. The van der Waals surface area contributed by atoms with Crippen molar-refractivity contribution in [3.63, 3.8) is 0 Å². The maximum Gasteiger partial charge on any atom is 0.309 e. The van der Waals surface area contributed by atoms with Crippen molar-refractivity contribution in [1.29, 1.82) is 0 Å². The largest absolute Gasteiger partial charge is 0.469 e. The van der Waals surface area contributed by atoms with Gasteiger partial charge in [-0.1, -0.05) is 55.9 Å². The van der Waals surface area contributed by atoms with E-state index >= 15 is 0 Å². The molecule has 0 radical (unpaired) electrons. The molecule has 3 aliphatic heterocycles. The average Bonchev–Trinajstić information content (AvgIpc) is 2.90. The first kappa shape index (κ1) is 32.8. The van der Waals surface area contributed by atoms with Crippen LogP contribution in [-0.2, 0) is 38.1 Å². The van der Waals surface area contributed by atoms with E-state index in [1.807, 2.05) is 44.2 Å². The molecule has 0 aromatic carbocycles. The van der Waals surface area contributed by atoms with E-state index in [9.17, 15) is 14.4 Å². The molecular weight excluding hydrogens is 524 g/mol. The van der Waals surface area contributed by atoms with Crippen molar-refractivity contribution in [2.24, 2.45) is 11.8 Å². The average molecular weight is 573 g/mol. The molecule has 0 aromatic rings. The van der Waals surface area contributed by atoms with E-state index in [-0.39, 0.29) is 61.1 Å². The zero-order valence-electron chi connectivity index (χ0n) is 25.3. The van der Waals surface area contributed by atoms with Gasteiger partial charge in [0.05, 0.1) is 44.4 Å². The fraction of sp³-hybridized carbons (Fsp3) is 0.667. The minimum atomic E-state index is -0.470. The molecule has 0 amide bonds. The Labute approximate surface area is 245 Å². The molecule has 3 heterocycles. The zero-order chi connectivity index (χ0) is 29.8. The summed E-state index contributed by atoms with van der Waals surface area (Å²) < 4.78 is 29.1. The van der Waals surface area contributed by atoms with E-state index in [0.29, 0.717) is 18.8 Å². The Morgan fingerprint density at radius 3 is 2.37 bits per heavy atom. The van der Waals surface area contributed by atoms with E-state index in [1.54, 1.807) is 0 Å². The smallest absolute Gasteiger partial charge is 0.309 e. The summed E-state index contributed by atoms with van der Waals surface area (Å²) in [6.07, 6.45) is 18.8. The van der Waals surface area contributed by atoms with Gasteiger partial charge in [-0.2, -0.15) is 0 Å². The van der Waals surface area contributed by atoms with Crippen LogP contribution in [0.15, 0.2) is 48.1 Å². The Bertz CT molecular complexity index is 995. The van der Waals surface area contributed by atoms with Gasteiger partial charge in [-0.3, -0.25) is 14.4 Å². The van der Waals surface area contributed by atoms with Crippen LogP contribution in [0.25, 0.3) is 0 Å². The van der Waals surface area contributed by atoms with Crippen LogP contribution in [0.4, 0.5) is 0 Å². The van der Waals surface area contributed by atoms with Gasteiger partial charge in [-0.05, 0) is 51.0 Å². The standard InChI is InChI=1S/C33H48O8/c1-22(17-32(35)37-5)10-7-6-8-13-31-24(3)15-14-23(2)16-26-11-9-12-27(39-26)18-29-19-28(38-25(4)34)20-30(40-29)21-33(36)41-31/h6-8,10,13-15,23-24,26-31H,9,11-12,16-21H2,1-5H3/b7-6-,13-8+,15-14+,22-10+/t23-,24-,26+,27-,28+,29-,30-,31-/m0/s1. The highest BCUT2D eigenvalue weighted by molar-refractivity contribution is 5.72. The van der Waals surface area contributed by atoms with Crippen LogP contribution in [0.5, 0.6) is 0 Å². The number of carbonyl (C=O) groups excluding carboxylic acids is 3. The highest BCUT2D eigenvalue weighted by Gasteiger charge is 2.36. The van der Waals surface area contributed by atoms with Crippen molar-refractivity contribution in [2.45, 2.75) is 122 Å². The molecule has 228 valence electrons. The lowest BCUT2D eigenvalue weighted by Gasteiger charge is -2.38. The van der Waals surface area contributed by atoms with Crippen LogP contribution >= 0.6 is 0 Å². The number of esters is 3. The lowest BCUT2D eigenvalue weighted by Crippen LogP contribution is -2.42. The number of allylic oxidation sites excluding steroid dienone is 5. The number of methoxy groups -OCH3 is 1. The molecule has 3 aliphatic rings. The number of hydrogen-bond acceptors (Lipinski definition) is 8. The summed E-state index contributed by atoms with van der Waals surface area (Å²) in [6.45, 7) is 7.51. The minimum Gasteiger partial charge on any atom is -0.469 e. The number of cyclic esters (lactones) is 1. The zero-order valence-corrected chi connectivity index (χ0v) is 25.3. The predicted molar refractivity (Wildman–Crippen MR) is 156 cm³/mol. The van der Waals surface area contributed by atoms with Gasteiger partial charge in [0.2, 0.25) is 0 Å². The summed E-state index contributed by atoms with van der Waals surface area (Å²) >= 11 is 0. The first-order valence-corrected chi connectivity index (χ1v) is 15.0. The summed E-state index contributed by atoms with van der Waals surface area (Å²) in [5.41, 5.74) is 0.883. The molecular formula is C33H48O8. The van der Waals surface area contributed by atoms with Crippen molar-refractivity contribution >= 4 is 17.9 Å². The van der Waals surface area contributed by atoms with Crippen molar-refractivity contribution in [3.05, 3.63) is 48.1 Å². The third-order valence-corrected chi connectivity index (χ3v) is 7.84. The predicted octanol–water partition coefficient (Wildman–Crippen LogP) is 5.95. The molecule has 0 unspecified atom stereocenters. The fourth-order valence-electron chi connectivity index (χ4n) is 5.79. The molecule has 0 aliphatic carbocycles. The Morgan fingerprint density at radius 2 is 1.63 bits per heavy atom. The number of ether oxygens (including phenoxy) is 5. The summed E-state index contributed by atoms with van der Waals surface area (Å²) in [7, 11) is 1.37. The van der Waals surface area contributed by atoms with Crippen LogP contribution in [0.2, 0.25) is 0 Å². The van der Waals surface area contributed by atoms with Crippen molar-refractivity contribution in [2.75, 3.05) is 7.11 Å². The molecule has 41 heavy (non-hydrogen) atoms. The highest BCUT2D eigenvalue weighted by Crippen LogP contribution is 2.32. The summed E-state index contributed by atoms with van der Waals surface area (Å²) in [6, 6.07) is 0. The van der Waals surface area contributed by atoms with Gasteiger partial charge in [0.25, 0.3) is 0 Å². The van der Waals surface area contributed by atoms with Gasteiger partial charge in [0.15, 0.2) is 0 Å². The number of hydrogen-bond donors (Lipinski definition) is 0. The molecule has 8 nitrogen and oxygen atoms in total. The lowest BCUT2D eigenvalue weighted by molar-refractivity contribution is -0.170. The van der Waals surface area contributed by atoms with Crippen molar-refractivity contribution < 1.29 is 38.1 Å². The second-order valence-corrected chi connectivity index (χ2v) is 11.8. The van der Waals surface area contributed by atoms with Gasteiger partial charge in [-0.15, -0.1) is 0 Å². The molecule has 4 bridgehead atoms. The second kappa shape index (κ2) is 16.7. The summed E-state index contributed by atoms with van der Waals surface area (Å²) in [5.74, 6) is -0.682. The van der Waals surface area contributed by atoms with E-state index < -0.39 is 12.2 Å². The first-order valence-electron chi connectivity index (χ1n) is 15.0. The van der Waals surface area contributed by atoms with Crippen LogP contribution in [0.3, 0.4) is 0 Å². The molecule has 0 spiro atoms. The molecule has 8 heteroatoms. The molecule has 0 aromatic heterocycles. The normalized spacial score (nSPS) is 34.7. The fourth-order valence-corrected chi connectivity index (χ4v) is 5.79. The van der Waals surface area contributed by atoms with Crippen molar-refractivity contribution in [1.82, 2.24) is 0 Å². The van der Waals surface area contributed by atoms with E-state index in [4.69, 9.17) is 23.7 Å². The van der Waals surface area contributed by atoms with Crippen LogP contribution < -0.4 is 0 Å². The molecule has 0 N–H and O–H groups in total. The third-order valence-electron chi connectivity index (χ3n) is 7.84. The molecule has 3 rings (SSSR count). The van der Waals surface area contributed by atoms with Crippen molar-refractivity contribution in [3.8, 4) is 0 Å². The van der Waals surface area contributed by atoms with E-state index in [2.05, 4.69) is 19.1 Å². The van der Waals surface area contributed by atoms with Gasteiger partial charge < -0.3 is 23.7 Å². The van der Waals surface area contributed by atoms with Gasteiger partial charge >= 0.3 is 17.9 Å². The third kappa shape index (κ3) is 12.0. The SMILES string of the molecule is COC(=O)C/C(C)=C/C=C\C=C\[C@@H]1OC(=O)C[C@@H]2C[C@H](OC(C)=O)C[C@H](C[C@@H]3CCC[C@H](C[C@@H](C)/C=C/[C@@H]1C)O3)O2. The Balaban J connectivity index is 1.77. The van der Waals surface area contributed by atoms with E-state index in [0.717, 1.165) is 37.7 Å². The summed E-state index contributed by atoms with van der Waals surface area (Å²) in [4.78, 5) is 36.3. The monoisotopic (exact) mass is 572 g/mol. The van der Waals surface area contributed by atoms with Gasteiger partial charge in [0, 0.05) is 25.7 Å². The summed E-state index contributed by atoms with van der Waals surface area (Å²) in [5, 5.41) is 0. The Hall–Kier alpha value is -2.71. The van der Waals surface area contributed by atoms with Gasteiger partial charge in [-0.25, -0.2) is 0 Å². The quantitative estimate of drug-likeness (QED) is 0.167. The van der Waals surface area contributed by atoms with Gasteiger partial charge in [0.1, 0.15) is 12.2 Å². The topological polar surface area (TPSA) is 97.4 Å². The molecule has 2 saturated heterocycles. The van der Waals surface area contributed by atoms with Crippen LogP contribution in [0.1, 0.15) is 85.5 Å². The number of carbonyl (C=O) groups is 3. The first-order chi connectivity index (χ1) is 19.6. The molecule has 8 atom stereocenters. The molecule has 2 fully saturated rings. The number of fused-ring (bicyclic) bond motifs is 4. The van der Waals surface area contributed by atoms with Crippen LogP contribution in [-0.4, -0.2) is 61.6 Å². The van der Waals surface area contributed by atoms with E-state index in [1.165, 1.54) is 14.0 Å². The highest BCUT2D eigenvalue weighted by atomic mass is 16.6. The Kier molecular flexibility index (Phi) is 13.3.